The summed E-state index contributed by atoms with van der Waals surface area (Å²) in [6, 6.07) is 11.4. The average Bonchev–Trinajstić information content (AvgIpc) is 2.73. The van der Waals surface area contributed by atoms with Crippen LogP contribution in [0.1, 0.15) is 18.4 Å². The van der Waals surface area contributed by atoms with Crippen LogP contribution in [-0.2, 0) is 16.6 Å². The van der Waals surface area contributed by atoms with E-state index < -0.39 is 16.1 Å². The molecule has 28 heavy (non-hydrogen) atoms. The molecule has 3 rings (SSSR count). The van der Waals surface area contributed by atoms with Crippen LogP contribution in [-0.4, -0.2) is 36.8 Å². The highest BCUT2D eigenvalue weighted by Crippen LogP contribution is 2.24. The fourth-order valence-electron chi connectivity index (χ4n) is 2.99. The molecule has 0 saturated carbocycles. The molecule has 1 aliphatic rings. The van der Waals surface area contributed by atoms with Gasteiger partial charge in [-0.15, -0.1) is 0 Å². The van der Waals surface area contributed by atoms with E-state index >= 15 is 0 Å². The largest absolute Gasteiger partial charge is 0.334 e. The van der Waals surface area contributed by atoms with Crippen LogP contribution >= 0.6 is 0 Å². The van der Waals surface area contributed by atoms with Crippen molar-refractivity contribution in [2.45, 2.75) is 24.3 Å². The Morgan fingerprint density at radius 2 is 2.07 bits per heavy atom. The number of nitriles is 1. The van der Waals surface area contributed by atoms with Gasteiger partial charge in [0.05, 0.1) is 16.9 Å². The third-order valence-corrected chi connectivity index (χ3v) is 6.37. The van der Waals surface area contributed by atoms with Crippen molar-refractivity contribution in [1.29, 1.82) is 5.26 Å². The number of nitrogens with one attached hydrogen (secondary N) is 2. The Kier molecular flexibility index (Phi) is 6.23. The van der Waals surface area contributed by atoms with Crippen molar-refractivity contribution >= 4 is 21.7 Å². The maximum absolute atomic E-state index is 12.8. The van der Waals surface area contributed by atoms with Crippen molar-refractivity contribution in [3.8, 4) is 6.07 Å². The number of benzene rings is 1. The number of carbonyl (C=O) groups is 1. The zero-order chi connectivity index (χ0) is 20.0. The molecule has 1 atom stereocenters. The zero-order valence-electron chi connectivity index (χ0n) is 15.2. The molecule has 146 valence electrons. The minimum Gasteiger partial charge on any atom is -0.334 e. The predicted molar refractivity (Wildman–Crippen MR) is 104 cm³/mol. The van der Waals surface area contributed by atoms with Gasteiger partial charge in [-0.25, -0.2) is 13.2 Å². The first-order chi connectivity index (χ1) is 13.5. The molecule has 9 heteroatoms. The number of hydrogen-bond acceptors (Lipinski definition) is 5. The second-order valence-corrected chi connectivity index (χ2v) is 8.46. The monoisotopic (exact) mass is 399 g/mol. The first kappa shape index (κ1) is 19.8. The van der Waals surface area contributed by atoms with Crippen LogP contribution in [0.4, 0.5) is 10.5 Å². The lowest BCUT2D eigenvalue weighted by molar-refractivity contribution is 0.251. The number of sulfonamides is 1. The Morgan fingerprint density at radius 3 is 2.75 bits per heavy atom. The second-order valence-electron chi connectivity index (χ2n) is 6.52. The number of carbonyl (C=O) groups excluding carboxylic acids is 1. The van der Waals surface area contributed by atoms with Gasteiger partial charge >= 0.3 is 6.03 Å². The van der Waals surface area contributed by atoms with E-state index in [4.69, 9.17) is 5.26 Å². The Bertz CT molecular complexity index is 955. The summed E-state index contributed by atoms with van der Waals surface area (Å²) in [6.07, 6.45) is 4.72. The molecular weight excluding hydrogens is 378 g/mol. The average molecular weight is 399 g/mol. The van der Waals surface area contributed by atoms with Crippen LogP contribution in [0.3, 0.4) is 0 Å². The highest BCUT2D eigenvalue weighted by Gasteiger charge is 2.30. The van der Waals surface area contributed by atoms with E-state index in [1.54, 1.807) is 30.6 Å². The maximum Gasteiger partial charge on any atom is 0.319 e. The van der Waals surface area contributed by atoms with Crippen molar-refractivity contribution in [2.24, 2.45) is 5.92 Å². The number of aromatic nitrogens is 1. The van der Waals surface area contributed by atoms with E-state index in [-0.39, 0.29) is 17.4 Å². The van der Waals surface area contributed by atoms with E-state index in [0.717, 1.165) is 12.0 Å². The van der Waals surface area contributed by atoms with Gasteiger partial charge in [0, 0.05) is 37.7 Å². The van der Waals surface area contributed by atoms with Gasteiger partial charge in [0.2, 0.25) is 10.0 Å². The topological polar surface area (TPSA) is 115 Å². The minimum absolute atomic E-state index is 0.146. The summed E-state index contributed by atoms with van der Waals surface area (Å²) < 4.78 is 26.9. The molecule has 2 heterocycles. The first-order valence-corrected chi connectivity index (χ1v) is 10.4. The lowest BCUT2D eigenvalue weighted by Crippen LogP contribution is -2.39. The normalized spacial score (nSPS) is 17.5. The summed E-state index contributed by atoms with van der Waals surface area (Å²) in [7, 11) is -3.65. The minimum atomic E-state index is -3.65. The van der Waals surface area contributed by atoms with Gasteiger partial charge in [-0.3, -0.25) is 4.98 Å². The molecule has 2 amide bonds. The molecule has 1 saturated heterocycles. The molecule has 2 aromatic rings. The van der Waals surface area contributed by atoms with Crippen molar-refractivity contribution in [3.05, 3.63) is 54.4 Å². The van der Waals surface area contributed by atoms with Crippen molar-refractivity contribution in [2.75, 3.05) is 18.4 Å². The number of pyridine rings is 1. The quantitative estimate of drug-likeness (QED) is 0.801. The fourth-order valence-corrected chi connectivity index (χ4v) is 4.51. The van der Waals surface area contributed by atoms with Crippen LogP contribution in [0.15, 0.2) is 53.7 Å². The molecule has 0 aliphatic carbocycles. The highest BCUT2D eigenvalue weighted by molar-refractivity contribution is 7.89. The molecular formula is C19H21N5O3S. The van der Waals surface area contributed by atoms with Gasteiger partial charge in [0.25, 0.3) is 0 Å². The number of amides is 2. The molecule has 2 N–H and O–H groups in total. The summed E-state index contributed by atoms with van der Waals surface area (Å²) in [5, 5.41) is 14.4. The number of anilines is 1. The summed E-state index contributed by atoms with van der Waals surface area (Å²) in [5.41, 5.74) is 1.35. The van der Waals surface area contributed by atoms with Crippen LogP contribution < -0.4 is 10.6 Å². The van der Waals surface area contributed by atoms with Crippen molar-refractivity contribution in [1.82, 2.24) is 14.6 Å². The molecule has 1 fully saturated rings. The van der Waals surface area contributed by atoms with Gasteiger partial charge in [-0.05, 0) is 48.7 Å². The van der Waals surface area contributed by atoms with E-state index in [1.165, 1.54) is 16.4 Å². The Balaban J connectivity index is 1.59. The third kappa shape index (κ3) is 4.85. The smallest absolute Gasteiger partial charge is 0.319 e. The van der Waals surface area contributed by atoms with E-state index in [9.17, 15) is 13.2 Å². The van der Waals surface area contributed by atoms with Gasteiger partial charge in [0.15, 0.2) is 0 Å². The van der Waals surface area contributed by atoms with Crippen LogP contribution in [0.2, 0.25) is 0 Å². The molecule has 0 bridgehead atoms. The van der Waals surface area contributed by atoms with Crippen LogP contribution in [0, 0.1) is 17.2 Å². The summed E-state index contributed by atoms with van der Waals surface area (Å²) in [4.78, 5) is 16.1. The molecule has 1 aliphatic heterocycles. The second kappa shape index (κ2) is 8.82. The third-order valence-electron chi connectivity index (χ3n) is 4.49. The Morgan fingerprint density at radius 1 is 1.29 bits per heavy atom. The number of hydrogen-bond donors (Lipinski definition) is 2. The van der Waals surface area contributed by atoms with Crippen molar-refractivity contribution < 1.29 is 13.2 Å². The lowest BCUT2D eigenvalue weighted by Gasteiger charge is -2.28. The van der Waals surface area contributed by atoms with Gasteiger partial charge < -0.3 is 10.6 Å². The standard InChI is InChI=1S/C19H21N5O3S/c20-11-15-4-2-10-24(14-15)28(26,27)18-7-5-17(6-8-18)23-19(25)22-13-16-3-1-9-21-12-16/h1,3,5-9,12,15H,2,4,10,13-14H2,(H2,22,23,25)/t15-/m1/s1. The van der Waals surface area contributed by atoms with E-state index in [1.807, 2.05) is 6.07 Å². The van der Waals surface area contributed by atoms with E-state index in [2.05, 4.69) is 21.7 Å². The zero-order valence-corrected chi connectivity index (χ0v) is 16.0. The Hall–Kier alpha value is -2.96. The van der Waals surface area contributed by atoms with E-state index in [0.29, 0.717) is 25.2 Å². The summed E-state index contributed by atoms with van der Waals surface area (Å²) >= 11 is 0. The van der Waals surface area contributed by atoms with Crippen LogP contribution in [0.25, 0.3) is 0 Å². The molecule has 1 aromatic heterocycles. The van der Waals surface area contributed by atoms with Crippen molar-refractivity contribution in [3.63, 3.8) is 0 Å². The predicted octanol–water partition coefficient (Wildman–Crippen LogP) is 2.33. The van der Waals surface area contributed by atoms with Gasteiger partial charge in [-0.1, -0.05) is 6.07 Å². The number of piperidine rings is 1. The SMILES string of the molecule is N#C[C@H]1CCCN(S(=O)(=O)c2ccc(NC(=O)NCc3cccnc3)cc2)C1. The molecule has 1 aromatic carbocycles. The summed E-state index contributed by atoms with van der Waals surface area (Å²) in [5.74, 6) is -0.270. The molecule has 0 unspecified atom stereocenters. The maximum atomic E-state index is 12.8. The number of rotatable bonds is 5. The lowest BCUT2D eigenvalue weighted by atomic mass is 10.0. The molecule has 0 spiro atoms. The molecule has 0 radical (unpaired) electrons. The fraction of sp³-hybridized carbons (Fsp3) is 0.316. The van der Waals surface area contributed by atoms with Crippen LogP contribution in [0.5, 0.6) is 0 Å². The summed E-state index contributed by atoms with van der Waals surface area (Å²) in [6.45, 7) is 0.966. The van der Waals surface area contributed by atoms with Gasteiger partial charge in [0.1, 0.15) is 0 Å². The first-order valence-electron chi connectivity index (χ1n) is 8.92. The Labute approximate surface area is 164 Å². The molecule has 8 nitrogen and oxygen atoms in total. The number of urea groups is 1. The number of nitrogens with zero attached hydrogens (tertiary/aromatic N) is 3. The highest BCUT2D eigenvalue weighted by atomic mass is 32.2. The van der Waals surface area contributed by atoms with Gasteiger partial charge in [-0.2, -0.15) is 9.57 Å².